The number of rotatable bonds is 19. The number of Topliss-reactive ketones (excluding diaryl/α,β-unsaturated/α-hetero) is 1. The summed E-state index contributed by atoms with van der Waals surface area (Å²) in [5, 5.41) is 11.2. The maximum atomic E-state index is 15.6. The van der Waals surface area contributed by atoms with Crippen LogP contribution in [-0.4, -0.2) is 177 Å². The highest BCUT2D eigenvalue weighted by Crippen LogP contribution is 2.50. The molecule has 82 heavy (non-hydrogen) atoms. The van der Waals surface area contributed by atoms with Gasteiger partial charge in [-0.15, -0.1) is 11.8 Å². The van der Waals surface area contributed by atoms with Crippen molar-refractivity contribution in [1.82, 2.24) is 9.88 Å². The number of cyclic esters (lactones) is 1. The van der Waals surface area contributed by atoms with Gasteiger partial charge in [-0.2, -0.15) is 0 Å². The fourth-order valence-corrected chi connectivity index (χ4v) is 15.6. The second kappa shape index (κ2) is 28.2. The third-order valence-corrected chi connectivity index (χ3v) is 20.5. The summed E-state index contributed by atoms with van der Waals surface area (Å²) >= 11 is 14.9. The van der Waals surface area contributed by atoms with Crippen molar-refractivity contribution in [3.63, 3.8) is 0 Å². The molecule has 0 spiro atoms. The molecule has 0 amide bonds. The first-order valence-corrected chi connectivity index (χ1v) is 31.1. The summed E-state index contributed by atoms with van der Waals surface area (Å²) < 4.78 is 71.5. The number of benzene rings is 1. The minimum absolute atomic E-state index is 0.0712. The van der Waals surface area contributed by atoms with Crippen LogP contribution in [0.25, 0.3) is 0 Å². The largest absolute Gasteiger partial charge is 0.493 e. The molecule has 1 aromatic carbocycles. The zero-order chi connectivity index (χ0) is 60.2. The summed E-state index contributed by atoms with van der Waals surface area (Å²) in [6, 6.07) is 5.45. The molecule has 7 rings (SSSR count). The Bertz CT molecular complexity index is 2460. The maximum Gasteiger partial charge on any atom is 0.320 e. The fourth-order valence-electron chi connectivity index (χ4n) is 13.7. The number of pyridine rings is 1. The normalized spacial score (nSPS) is 38.0. The van der Waals surface area contributed by atoms with Crippen LogP contribution >= 0.6 is 35.0 Å². The number of thioether (sulfide) groups is 1. The Kier molecular flexibility index (Phi) is 22.9. The first kappa shape index (κ1) is 66.5. The Morgan fingerprint density at radius 3 is 2.13 bits per heavy atom. The highest BCUT2D eigenvalue weighted by Gasteiger charge is 2.62. The number of hydrogen-bond donors (Lipinski definition) is 1. The van der Waals surface area contributed by atoms with Crippen molar-refractivity contribution in [2.24, 2.45) is 29.6 Å². The van der Waals surface area contributed by atoms with Gasteiger partial charge in [-0.05, 0) is 106 Å². The molecule has 0 radical (unpaired) electrons. The van der Waals surface area contributed by atoms with Gasteiger partial charge < -0.3 is 62.1 Å². The Morgan fingerprint density at radius 1 is 0.854 bits per heavy atom. The number of ketones is 1. The Balaban J connectivity index is 1.27. The van der Waals surface area contributed by atoms with Gasteiger partial charge in [-0.1, -0.05) is 50.9 Å². The average Bonchev–Trinajstić information content (AvgIpc) is 3.67. The number of anilines is 1. The summed E-state index contributed by atoms with van der Waals surface area (Å²) in [5.74, 6) is -3.55. The van der Waals surface area contributed by atoms with E-state index in [0.29, 0.717) is 52.4 Å². The number of aliphatic hydroxyl groups excluding tert-OH is 1. The number of ether oxygens (including phenoxy) is 11. The molecule has 1 N–H and O–H groups in total. The second-order valence-electron chi connectivity index (χ2n) is 24.5. The molecule has 1 aromatic heterocycles. The van der Waals surface area contributed by atoms with Crippen LogP contribution in [0.5, 0.6) is 11.5 Å². The molecular weight excluding hydrogens is 1120 g/mol. The maximum absolute atomic E-state index is 15.6. The molecule has 4 saturated heterocycles. The summed E-state index contributed by atoms with van der Waals surface area (Å²) in [4.78, 5) is 54.0. The van der Waals surface area contributed by atoms with Crippen molar-refractivity contribution in [3.8, 4) is 11.5 Å². The van der Waals surface area contributed by atoms with E-state index in [-0.39, 0.29) is 49.4 Å². The van der Waals surface area contributed by atoms with Gasteiger partial charge in [0.15, 0.2) is 29.7 Å². The SMILES string of the molecule is CC[C@H]1OC(=O)[C@H](C)[C@@H](O[C@H]2C[C@@](C)(OC)[C@@H](O)[C@H](C)O2)[C@H](C)[C@@H](O[C@@H]2O[C@H](C)C[C@@H](OC)[C@H]2N(C)C)[C@](C)(OC)C[C@@H](C)C(=O)[C@H](C)[C@H]2[C@H](SCCN(Cc3c(Cl)cncc3Cl)c3ccc(OC)c(OC4CCCC4)c3)C(=O)O[C@@]21C. The molecular formula is C61H93Cl2N3O15S. The van der Waals surface area contributed by atoms with Gasteiger partial charge in [0.2, 0.25) is 0 Å². The second-order valence-corrected chi connectivity index (χ2v) is 26.5. The first-order chi connectivity index (χ1) is 38.8. The van der Waals surface area contributed by atoms with E-state index in [9.17, 15) is 9.90 Å². The zero-order valence-electron chi connectivity index (χ0n) is 51.1. The highest BCUT2D eigenvalue weighted by molar-refractivity contribution is 8.00. The monoisotopic (exact) mass is 1210 g/mol. The lowest BCUT2D eigenvalue weighted by atomic mass is 9.70. The molecule has 1 saturated carbocycles. The number of esters is 2. The fraction of sp³-hybridized carbons (Fsp3) is 0.770. The third-order valence-electron chi connectivity index (χ3n) is 18.5. The van der Waals surface area contributed by atoms with Crippen LogP contribution in [0.1, 0.15) is 126 Å². The molecule has 462 valence electrons. The van der Waals surface area contributed by atoms with Gasteiger partial charge in [-0.25, -0.2) is 0 Å². The minimum atomic E-state index is -1.46. The van der Waals surface area contributed by atoms with Gasteiger partial charge in [0.1, 0.15) is 23.2 Å². The van der Waals surface area contributed by atoms with Crippen molar-refractivity contribution in [1.29, 1.82) is 0 Å². The van der Waals surface area contributed by atoms with Crippen LogP contribution in [0.3, 0.4) is 0 Å². The van der Waals surface area contributed by atoms with Crippen LogP contribution in [0.2, 0.25) is 10.0 Å². The average molecular weight is 1210 g/mol. The number of hydrogen-bond acceptors (Lipinski definition) is 19. The Hall–Kier alpha value is -3.05. The van der Waals surface area contributed by atoms with Crippen molar-refractivity contribution in [2.75, 3.05) is 59.7 Å². The van der Waals surface area contributed by atoms with E-state index in [4.69, 9.17) is 75.3 Å². The molecule has 1 aliphatic carbocycles. The number of aromatic nitrogens is 1. The van der Waals surface area contributed by atoms with Crippen LogP contribution in [-0.2, 0) is 63.6 Å². The molecule has 19 atom stereocenters. The summed E-state index contributed by atoms with van der Waals surface area (Å²) in [7, 11) is 10.3. The number of fused-ring (bicyclic) bond motifs is 1. The zero-order valence-corrected chi connectivity index (χ0v) is 53.5. The van der Waals surface area contributed by atoms with Crippen molar-refractivity contribution in [3.05, 3.63) is 46.2 Å². The number of carbonyl (C=O) groups excluding carboxylic acids is 3. The number of likely N-dealkylation sites (N-methyl/N-ethyl adjacent to an activating group) is 1. The van der Waals surface area contributed by atoms with Gasteiger partial charge in [0.25, 0.3) is 0 Å². The highest BCUT2D eigenvalue weighted by atomic mass is 35.5. The van der Waals surface area contributed by atoms with E-state index in [2.05, 4.69) is 9.88 Å². The van der Waals surface area contributed by atoms with Gasteiger partial charge in [0, 0.05) is 106 Å². The molecule has 18 nitrogen and oxygen atoms in total. The van der Waals surface area contributed by atoms with Crippen LogP contribution in [0.4, 0.5) is 5.69 Å². The molecule has 5 aliphatic rings. The summed E-state index contributed by atoms with van der Waals surface area (Å²) in [5.41, 5.74) is -2.27. The van der Waals surface area contributed by atoms with E-state index < -0.39 is 107 Å². The molecule has 5 heterocycles. The Labute approximate surface area is 501 Å². The molecule has 21 heteroatoms. The van der Waals surface area contributed by atoms with E-state index in [1.807, 2.05) is 78.7 Å². The van der Waals surface area contributed by atoms with Gasteiger partial charge in [-0.3, -0.25) is 24.3 Å². The smallest absolute Gasteiger partial charge is 0.320 e. The number of carbonyl (C=O) groups is 3. The van der Waals surface area contributed by atoms with E-state index in [1.165, 1.54) is 18.9 Å². The predicted molar refractivity (Wildman–Crippen MR) is 315 cm³/mol. The number of aliphatic hydroxyl groups is 1. The van der Waals surface area contributed by atoms with E-state index in [0.717, 1.165) is 31.4 Å². The lowest BCUT2D eigenvalue weighted by Gasteiger charge is -2.50. The number of methoxy groups -OCH3 is 4. The van der Waals surface area contributed by atoms with Gasteiger partial charge >= 0.3 is 11.9 Å². The molecule has 0 bridgehead atoms. The number of nitrogens with zero attached hydrogens (tertiary/aromatic N) is 3. The predicted octanol–water partition coefficient (Wildman–Crippen LogP) is 9.75. The topological polar surface area (TPSA) is 192 Å². The standard InChI is InChI=1S/C61H93Cl2N3O15S/c1-17-47-61(10)49(53(57(70)81-61)82-25-24-66(32-41-42(62)30-64-31-43(41)63)39-22-23-44(71-13)45(27-39)77-40-20-18-19-21-40)35(4)51(67)33(2)28-60(9,74-16)55(80-58-50(65(11)12)46(72-14)26-34(3)75-58)36(5)52(37(6)56(69)78-47)79-48-29-59(8,73-15)54(68)38(7)76-48/h22-23,27,30-31,33-38,40,46-50,52-55,58,68H,17-21,24-26,28-29,32H2,1-16H3/t33-,34-,35-,36+,37-,38+,46-,47-,48+,49+,50-,52+,53+,54+,55-,58+,59-,60-,61-/m1/s1. The minimum Gasteiger partial charge on any atom is -0.493 e. The number of halogens is 2. The van der Waals surface area contributed by atoms with Crippen LogP contribution < -0.4 is 14.4 Å². The first-order valence-electron chi connectivity index (χ1n) is 29.3. The molecule has 4 aliphatic heterocycles. The molecule has 5 fully saturated rings. The van der Waals surface area contributed by atoms with Crippen LogP contribution in [0, 0.1) is 29.6 Å². The van der Waals surface area contributed by atoms with Crippen LogP contribution in [0.15, 0.2) is 30.6 Å². The third kappa shape index (κ3) is 14.3. The molecule has 2 aromatic rings. The van der Waals surface area contributed by atoms with Crippen molar-refractivity contribution < 1.29 is 71.6 Å². The van der Waals surface area contributed by atoms with E-state index in [1.54, 1.807) is 61.4 Å². The lowest BCUT2D eigenvalue weighted by Crippen LogP contribution is -2.62. The van der Waals surface area contributed by atoms with Crippen molar-refractivity contribution >= 4 is 58.4 Å². The van der Waals surface area contributed by atoms with Gasteiger partial charge in [0.05, 0.1) is 76.9 Å². The Morgan fingerprint density at radius 2 is 1.52 bits per heavy atom. The quantitative estimate of drug-likeness (QED) is 0.131. The lowest BCUT2D eigenvalue weighted by molar-refractivity contribution is -0.316. The summed E-state index contributed by atoms with van der Waals surface area (Å²) in [6.07, 6.45) is 1.58. The summed E-state index contributed by atoms with van der Waals surface area (Å²) in [6.45, 7) is 19.2. The molecule has 0 unspecified atom stereocenters. The van der Waals surface area contributed by atoms with E-state index >= 15 is 9.59 Å². The van der Waals surface area contributed by atoms with Crippen molar-refractivity contribution in [2.45, 2.75) is 217 Å².